The van der Waals surface area contributed by atoms with Gasteiger partial charge in [-0.15, -0.1) is 0 Å². The van der Waals surface area contributed by atoms with Gasteiger partial charge in [-0.25, -0.2) is 0 Å². The minimum Gasteiger partial charge on any atom is -0.462 e. The van der Waals surface area contributed by atoms with E-state index in [-0.39, 0.29) is 36.0 Å². The van der Waals surface area contributed by atoms with Gasteiger partial charge < -0.3 is 18.6 Å². The van der Waals surface area contributed by atoms with E-state index in [2.05, 4.69) is 67.2 Å². The van der Waals surface area contributed by atoms with E-state index in [1.807, 2.05) is 30.3 Å². The molecule has 2 saturated carbocycles. The average molecular weight is 657 g/mol. The molecule has 7 heteroatoms. The topological polar surface area (TPSA) is 71.1 Å². The summed E-state index contributed by atoms with van der Waals surface area (Å²) >= 11 is 0. The van der Waals surface area contributed by atoms with Gasteiger partial charge in [-0.05, 0) is 86.7 Å². The van der Waals surface area contributed by atoms with Crippen LogP contribution in [0.1, 0.15) is 82.6 Å². The first-order valence-corrected chi connectivity index (χ1v) is 20.2. The van der Waals surface area contributed by atoms with Crippen LogP contribution in [0.15, 0.2) is 91.0 Å². The molecule has 6 nitrogen and oxygen atoms in total. The smallest absolute Gasteiger partial charge is 0.309 e. The Balaban J connectivity index is 0.900. The van der Waals surface area contributed by atoms with Crippen LogP contribution in [0.3, 0.4) is 0 Å². The van der Waals surface area contributed by atoms with Gasteiger partial charge in [0.2, 0.25) is 0 Å². The Hall–Kier alpha value is -3.26. The van der Waals surface area contributed by atoms with Crippen LogP contribution in [0, 0.1) is 11.8 Å². The maximum absolute atomic E-state index is 12.9. The largest absolute Gasteiger partial charge is 0.462 e. The van der Waals surface area contributed by atoms with Crippen molar-refractivity contribution in [1.29, 1.82) is 0 Å². The highest BCUT2D eigenvalue weighted by Crippen LogP contribution is 2.31. The van der Waals surface area contributed by atoms with Crippen molar-refractivity contribution in [2.24, 2.45) is 11.8 Å². The number of esters is 2. The molecule has 0 heterocycles. The molecule has 0 amide bonds. The fourth-order valence-corrected chi connectivity index (χ4v) is 9.79. The highest BCUT2D eigenvalue weighted by molar-refractivity contribution is 6.96. The lowest BCUT2D eigenvalue weighted by Crippen LogP contribution is -2.58. The van der Waals surface area contributed by atoms with Crippen molar-refractivity contribution in [2.45, 2.75) is 102 Å². The van der Waals surface area contributed by atoms with E-state index in [1.54, 1.807) is 0 Å². The maximum atomic E-state index is 12.9. The Morgan fingerprint density at radius 3 is 1.66 bits per heavy atom. The second kappa shape index (κ2) is 18.3. The van der Waals surface area contributed by atoms with Crippen LogP contribution < -0.4 is 10.4 Å². The molecule has 0 radical (unpaired) electrons. The van der Waals surface area contributed by atoms with Crippen molar-refractivity contribution in [1.82, 2.24) is 0 Å². The van der Waals surface area contributed by atoms with Crippen LogP contribution in [-0.2, 0) is 34.8 Å². The molecule has 0 atom stereocenters. The third-order valence-corrected chi connectivity index (χ3v) is 13.6. The molecule has 0 N–H and O–H groups in total. The summed E-state index contributed by atoms with van der Waals surface area (Å²) in [6.45, 7) is 4.16. The van der Waals surface area contributed by atoms with Crippen LogP contribution >= 0.6 is 0 Å². The molecule has 0 saturated heterocycles. The predicted molar refractivity (Wildman–Crippen MR) is 188 cm³/mol. The van der Waals surface area contributed by atoms with Crippen LogP contribution in [0.5, 0.6) is 0 Å². The fraction of sp³-hybridized carbons (Fsp3) is 0.500. The summed E-state index contributed by atoms with van der Waals surface area (Å²) in [6, 6.07) is 31.1. The number of rotatable bonds is 16. The van der Waals surface area contributed by atoms with Crippen LogP contribution in [0.25, 0.3) is 0 Å². The number of hydrogen-bond acceptors (Lipinski definition) is 6. The zero-order valence-electron chi connectivity index (χ0n) is 28.0. The van der Waals surface area contributed by atoms with Crippen molar-refractivity contribution < 1.29 is 28.2 Å². The fourth-order valence-electron chi connectivity index (χ4n) is 6.92. The Morgan fingerprint density at radius 1 is 0.596 bits per heavy atom. The molecule has 3 aromatic rings. The molecule has 0 unspecified atom stereocenters. The first-order valence-electron chi connectivity index (χ1n) is 17.8. The standard InChI is InChI=1S/C40H52O6Si/c1-47(37-17-9-5-10-18-37,38-19-11-6-12-20-38)45-30-14-3-2-13-29-43-35-25-21-34(22-26-35)40(42)46-36-27-23-33(24-28-36)39(41)44-31-32-15-7-4-8-16-32/h4-12,15-20,33-36H,2-3,13-14,21-31H2,1H3. The maximum Gasteiger partial charge on any atom is 0.309 e. The normalized spacial score (nSPS) is 21.6. The molecule has 3 aromatic carbocycles. The first kappa shape index (κ1) is 35.1. The molecule has 2 fully saturated rings. The molecule has 5 rings (SSSR count). The summed E-state index contributed by atoms with van der Waals surface area (Å²) in [4.78, 5) is 25.4. The Bertz CT molecular complexity index is 1300. The number of hydrogen-bond donors (Lipinski definition) is 0. The van der Waals surface area contributed by atoms with Crippen molar-refractivity contribution in [3.05, 3.63) is 96.6 Å². The lowest BCUT2D eigenvalue weighted by atomic mass is 9.86. The van der Waals surface area contributed by atoms with Gasteiger partial charge in [-0.3, -0.25) is 9.59 Å². The summed E-state index contributed by atoms with van der Waals surface area (Å²) in [5.41, 5.74) is 0.994. The van der Waals surface area contributed by atoms with Crippen LogP contribution in [0.2, 0.25) is 6.55 Å². The Morgan fingerprint density at radius 2 is 1.09 bits per heavy atom. The van der Waals surface area contributed by atoms with Gasteiger partial charge >= 0.3 is 11.9 Å². The monoisotopic (exact) mass is 656 g/mol. The van der Waals surface area contributed by atoms with Gasteiger partial charge in [0.1, 0.15) is 12.7 Å². The summed E-state index contributed by atoms with van der Waals surface area (Å²) in [5, 5.41) is 2.62. The number of benzene rings is 3. The summed E-state index contributed by atoms with van der Waals surface area (Å²) in [6.07, 6.45) is 10.9. The highest BCUT2D eigenvalue weighted by atomic mass is 28.4. The minimum absolute atomic E-state index is 0.0376. The van der Waals surface area contributed by atoms with Gasteiger partial charge in [-0.2, -0.15) is 0 Å². The molecular weight excluding hydrogens is 605 g/mol. The van der Waals surface area contributed by atoms with Gasteiger partial charge in [0, 0.05) is 13.2 Å². The van der Waals surface area contributed by atoms with E-state index in [4.69, 9.17) is 18.6 Å². The summed E-state index contributed by atoms with van der Waals surface area (Å²) < 4.78 is 24.3. The van der Waals surface area contributed by atoms with E-state index in [0.29, 0.717) is 19.4 Å². The van der Waals surface area contributed by atoms with E-state index in [0.717, 1.165) is 83.0 Å². The van der Waals surface area contributed by atoms with Gasteiger partial charge in [0.25, 0.3) is 8.32 Å². The number of unbranched alkanes of at least 4 members (excludes halogenated alkanes) is 3. The molecule has 2 aliphatic carbocycles. The third-order valence-electron chi connectivity index (χ3n) is 9.95. The van der Waals surface area contributed by atoms with Gasteiger partial charge in [0.15, 0.2) is 0 Å². The lowest BCUT2D eigenvalue weighted by Gasteiger charge is -2.31. The molecule has 47 heavy (non-hydrogen) atoms. The van der Waals surface area contributed by atoms with Crippen molar-refractivity contribution >= 4 is 30.6 Å². The molecule has 252 valence electrons. The van der Waals surface area contributed by atoms with Crippen molar-refractivity contribution in [3.63, 3.8) is 0 Å². The third kappa shape index (κ3) is 10.6. The Labute approximate surface area is 282 Å². The predicted octanol–water partition coefficient (Wildman–Crippen LogP) is 7.37. The minimum atomic E-state index is -2.22. The van der Waals surface area contributed by atoms with Crippen LogP contribution in [0.4, 0.5) is 0 Å². The molecule has 0 spiro atoms. The van der Waals surface area contributed by atoms with Crippen molar-refractivity contribution in [2.75, 3.05) is 13.2 Å². The molecule has 0 bridgehead atoms. The van der Waals surface area contributed by atoms with E-state index < -0.39 is 8.32 Å². The number of carbonyl (C=O) groups is 2. The number of carbonyl (C=O) groups excluding carboxylic acids is 2. The molecule has 0 aliphatic heterocycles. The van der Waals surface area contributed by atoms with Crippen molar-refractivity contribution in [3.8, 4) is 0 Å². The second-order valence-electron chi connectivity index (χ2n) is 13.4. The lowest BCUT2D eigenvalue weighted by molar-refractivity contribution is -0.160. The van der Waals surface area contributed by atoms with Gasteiger partial charge in [-0.1, -0.05) is 104 Å². The van der Waals surface area contributed by atoms with E-state index >= 15 is 0 Å². The molecular formula is C40H52O6Si. The zero-order valence-corrected chi connectivity index (χ0v) is 29.0. The van der Waals surface area contributed by atoms with E-state index in [9.17, 15) is 9.59 Å². The number of ether oxygens (including phenoxy) is 3. The summed E-state index contributed by atoms with van der Waals surface area (Å²) in [7, 11) is -2.22. The SMILES string of the molecule is C[Si](OCCCCCCOC1CCC(C(=O)OC2CCC(C(=O)OCc3ccccc3)CC2)CC1)(c1ccccc1)c1ccccc1. The van der Waals surface area contributed by atoms with E-state index in [1.165, 1.54) is 10.4 Å². The zero-order chi connectivity index (χ0) is 32.7. The van der Waals surface area contributed by atoms with Crippen LogP contribution in [-0.4, -0.2) is 45.7 Å². The summed E-state index contributed by atoms with van der Waals surface area (Å²) in [5.74, 6) is -0.354. The quantitative estimate of drug-likeness (QED) is 0.0911. The average Bonchev–Trinajstić information content (AvgIpc) is 3.13. The highest BCUT2D eigenvalue weighted by Gasteiger charge is 2.34. The Kier molecular flexibility index (Phi) is 13.7. The molecule has 0 aromatic heterocycles. The molecule has 2 aliphatic rings. The van der Waals surface area contributed by atoms with Gasteiger partial charge in [0.05, 0.1) is 17.9 Å². The second-order valence-corrected chi connectivity index (χ2v) is 16.9. The first-order chi connectivity index (χ1) is 23.0.